The summed E-state index contributed by atoms with van der Waals surface area (Å²) < 4.78 is 40.3. The second-order valence-corrected chi connectivity index (χ2v) is 10.6. The van der Waals surface area contributed by atoms with Crippen molar-refractivity contribution in [2.45, 2.75) is 88.0 Å². The number of pyridine rings is 1. The molecule has 2 fully saturated rings. The average molecular weight is 396 g/mol. The van der Waals surface area contributed by atoms with Crippen LogP contribution in [0.25, 0.3) is 0 Å². The quantitative estimate of drug-likeness (QED) is 0.746. The number of aliphatic hydroxyl groups is 1. The monoisotopic (exact) mass is 396 g/mol. The van der Waals surface area contributed by atoms with Gasteiger partial charge < -0.3 is 14.4 Å². The van der Waals surface area contributed by atoms with Crippen molar-refractivity contribution in [3.63, 3.8) is 0 Å². The lowest BCUT2D eigenvalue weighted by Gasteiger charge is -2.33. The van der Waals surface area contributed by atoms with Crippen molar-refractivity contribution in [2.24, 2.45) is 0 Å². The Morgan fingerprint density at radius 1 is 1.11 bits per heavy atom. The Bertz CT molecular complexity index is 784. The van der Waals surface area contributed by atoms with Crippen molar-refractivity contribution in [1.82, 2.24) is 9.71 Å². The van der Waals surface area contributed by atoms with Crippen LogP contribution < -0.4 is 10.2 Å². The van der Waals surface area contributed by atoms with Crippen molar-refractivity contribution < 1.29 is 22.8 Å². The fourth-order valence-electron chi connectivity index (χ4n) is 3.34. The van der Waals surface area contributed by atoms with Gasteiger partial charge in [-0.3, -0.25) is 4.98 Å². The van der Waals surface area contributed by atoms with Gasteiger partial charge >= 0.3 is 7.12 Å². The largest absolute Gasteiger partial charge is 0.496 e. The van der Waals surface area contributed by atoms with E-state index in [1.807, 2.05) is 27.7 Å². The molecule has 1 saturated carbocycles. The maximum atomic E-state index is 12.8. The van der Waals surface area contributed by atoms with E-state index in [0.29, 0.717) is 31.1 Å². The molecule has 0 bridgehead atoms. The van der Waals surface area contributed by atoms with E-state index in [4.69, 9.17) is 9.31 Å². The van der Waals surface area contributed by atoms with Crippen molar-refractivity contribution in [3.05, 3.63) is 18.5 Å². The third-order valence-corrected chi connectivity index (χ3v) is 7.44. The summed E-state index contributed by atoms with van der Waals surface area (Å²) in [5.74, 6) is 0. The summed E-state index contributed by atoms with van der Waals surface area (Å²) in [6.07, 6.45) is 5.26. The van der Waals surface area contributed by atoms with Crippen molar-refractivity contribution in [2.75, 3.05) is 0 Å². The first kappa shape index (κ1) is 20.7. The van der Waals surface area contributed by atoms with Gasteiger partial charge in [0.15, 0.2) is 0 Å². The summed E-state index contributed by atoms with van der Waals surface area (Å²) in [4.78, 5) is 4.18. The predicted octanol–water partition coefficient (Wildman–Crippen LogP) is 1.35. The number of hydrogen-bond donors (Lipinski definition) is 2. The molecule has 0 radical (unpaired) electrons. The molecule has 1 aromatic rings. The minimum Gasteiger partial charge on any atom is -0.399 e. The van der Waals surface area contributed by atoms with E-state index >= 15 is 0 Å². The van der Waals surface area contributed by atoms with Crippen molar-refractivity contribution >= 4 is 22.6 Å². The molecule has 2 aliphatic rings. The second kappa shape index (κ2) is 6.81. The first-order chi connectivity index (χ1) is 12.3. The van der Waals surface area contributed by atoms with Crippen LogP contribution >= 0.6 is 0 Å². The van der Waals surface area contributed by atoms with E-state index in [1.54, 1.807) is 19.2 Å². The van der Waals surface area contributed by atoms with E-state index in [-0.39, 0.29) is 10.9 Å². The number of nitrogens with zero attached hydrogens (tertiary/aromatic N) is 1. The Morgan fingerprint density at radius 3 is 2.22 bits per heavy atom. The molecule has 2 heterocycles. The topological polar surface area (TPSA) is 97.8 Å². The van der Waals surface area contributed by atoms with Gasteiger partial charge in [0.1, 0.15) is 0 Å². The molecule has 0 aromatic carbocycles. The number of sulfonamides is 1. The van der Waals surface area contributed by atoms with Crippen LogP contribution in [0.15, 0.2) is 23.4 Å². The molecule has 1 saturated heterocycles. The van der Waals surface area contributed by atoms with Crippen LogP contribution in [0.1, 0.15) is 60.3 Å². The van der Waals surface area contributed by atoms with Crippen molar-refractivity contribution in [3.8, 4) is 0 Å². The summed E-state index contributed by atoms with van der Waals surface area (Å²) in [7, 11) is -4.38. The maximum Gasteiger partial charge on any atom is 0.496 e. The summed E-state index contributed by atoms with van der Waals surface area (Å²) in [6.45, 7) is 9.57. The minimum absolute atomic E-state index is 0.0899. The van der Waals surface area contributed by atoms with Gasteiger partial charge in [0.05, 0.1) is 21.7 Å². The van der Waals surface area contributed by atoms with Gasteiger partial charge in [-0.1, -0.05) is 0 Å². The number of rotatable bonds is 4. The molecule has 7 nitrogen and oxygen atoms in total. The van der Waals surface area contributed by atoms with Crippen LogP contribution in [0.2, 0.25) is 0 Å². The van der Waals surface area contributed by atoms with Crippen LogP contribution in [0.4, 0.5) is 0 Å². The van der Waals surface area contributed by atoms with Gasteiger partial charge in [0, 0.05) is 23.9 Å². The smallest absolute Gasteiger partial charge is 0.399 e. The van der Waals surface area contributed by atoms with E-state index in [9.17, 15) is 13.5 Å². The molecule has 1 aliphatic heterocycles. The van der Waals surface area contributed by atoms with E-state index in [1.165, 1.54) is 6.20 Å². The normalized spacial score (nSPS) is 30.4. The fraction of sp³-hybridized carbons (Fsp3) is 0.722. The first-order valence-corrected chi connectivity index (χ1v) is 10.9. The fourth-order valence-corrected chi connectivity index (χ4v) is 4.64. The predicted molar refractivity (Wildman–Crippen MR) is 103 cm³/mol. The van der Waals surface area contributed by atoms with Crippen LogP contribution in [0.3, 0.4) is 0 Å². The van der Waals surface area contributed by atoms with Gasteiger partial charge in [-0.25, -0.2) is 13.1 Å². The average Bonchev–Trinajstić information content (AvgIpc) is 2.78. The summed E-state index contributed by atoms with van der Waals surface area (Å²) in [6, 6.07) is 1.37. The third kappa shape index (κ3) is 4.37. The summed E-state index contributed by atoms with van der Waals surface area (Å²) >= 11 is 0. The first-order valence-electron chi connectivity index (χ1n) is 9.37. The molecule has 1 aromatic heterocycles. The lowest BCUT2D eigenvalue weighted by Crippen LogP contribution is -2.42. The molecule has 2 N–H and O–H groups in total. The lowest BCUT2D eigenvalue weighted by molar-refractivity contribution is 0.00578. The summed E-state index contributed by atoms with van der Waals surface area (Å²) in [5, 5.41) is 10.0. The number of hydrogen-bond acceptors (Lipinski definition) is 6. The van der Waals surface area contributed by atoms with Crippen LogP contribution in [0.5, 0.6) is 0 Å². The Morgan fingerprint density at radius 2 is 1.67 bits per heavy atom. The van der Waals surface area contributed by atoms with Gasteiger partial charge in [-0.15, -0.1) is 0 Å². The zero-order valence-corrected chi connectivity index (χ0v) is 17.5. The molecule has 0 spiro atoms. The van der Waals surface area contributed by atoms with E-state index in [2.05, 4.69) is 9.71 Å². The molecule has 0 amide bonds. The Hall–Kier alpha value is -0.995. The van der Waals surface area contributed by atoms with Gasteiger partial charge in [0.25, 0.3) is 0 Å². The molecular weight excluding hydrogens is 367 g/mol. The number of aromatic nitrogens is 1. The van der Waals surface area contributed by atoms with Crippen LogP contribution in [-0.4, -0.2) is 48.5 Å². The van der Waals surface area contributed by atoms with Gasteiger partial charge in [-0.05, 0) is 66.4 Å². The van der Waals surface area contributed by atoms with Gasteiger partial charge in [0.2, 0.25) is 10.0 Å². The zero-order chi connectivity index (χ0) is 20.1. The zero-order valence-electron chi connectivity index (χ0n) is 16.7. The highest BCUT2D eigenvalue weighted by atomic mass is 32.2. The summed E-state index contributed by atoms with van der Waals surface area (Å²) in [5.41, 5.74) is -1.16. The molecule has 0 unspecified atom stereocenters. The Kier molecular flexibility index (Phi) is 5.23. The highest BCUT2D eigenvalue weighted by Crippen LogP contribution is 2.36. The molecule has 0 atom stereocenters. The highest BCUT2D eigenvalue weighted by molar-refractivity contribution is 7.89. The molecule has 9 heteroatoms. The van der Waals surface area contributed by atoms with E-state index < -0.39 is 33.9 Å². The van der Waals surface area contributed by atoms with Gasteiger partial charge in [-0.2, -0.15) is 0 Å². The van der Waals surface area contributed by atoms with Crippen LogP contribution in [-0.2, 0) is 19.3 Å². The Labute approximate surface area is 162 Å². The lowest BCUT2D eigenvalue weighted by atomic mass is 9.80. The van der Waals surface area contributed by atoms with Crippen LogP contribution in [0, 0.1) is 0 Å². The maximum absolute atomic E-state index is 12.8. The molecular formula is C18H29BN2O5S. The second-order valence-electron chi connectivity index (χ2n) is 8.93. The van der Waals surface area contributed by atoms with Crippen molar-refractivity contribution in [1.29, 1.82) is 0 Å². The molecule has 150 valence electrons. The number of nitrogens with one attached hydrogen (secondary N) is 1. The third-order valence-electron chi connectivity index (χ3n) is 5.95. The molecule has 1 aliphatic carbocycles. The van der Waals surface area contributed by atoms with E-state index in [0.717, 1.165) is 0 Å². The molecule has 3 rings (SSSR count). The minimum atomic E-state index is -3.71. The standard InChI is InChI=1S/C18H29BN2O5S/c1-16(2)17(3,4)26-19(25-16)13-10-15(12-20-11-13)27(23,24)21-14-6-8-18(5,22)9-7-14/h10-12,14,21-22H,6-9H2,1-5H3/t14-,18+. The Balaban J connectivity index is 1.75. The highest BCUT2D eigenvalue weighted by Gasteiger charge is 2.52. The SMILES string of the molecule is CC1(C)OB(c2cncc(S(=O)(=O)N[C@H]3CC[C@@](C)(O)CC3)c2)OC1(C)C. The molecule has 27 heavy (non-hydrogen) atoms.